The number of nitro groups is 1. The van der Waals surface area contributed by atoms with Crippen LogP contribution in [0, 0.1) is 16.0 Å². The summed E-state index contributed by atoms with van der Waals surface area (Å²) in [4.78, 5) is 13.0. The number of nitrogens with one attached hydrogen (secondary N) is 1. The summed E-state index contributed by atoms with van der Waals surface area (Å²) in [6.45, 7) is 7.11. The van der Waals surface area contributed by atoms with Gasteiger partial charge in [-0.25, -0.2) is 0 Å². The molecule has 0 amide bonds. The minimum absolute atomic E-state index is 0.205. The predicted molar refractivity (Wildman–Crippen MR) is 75.0 cm³/mol. The molecule has 0 saturated carbocycles. The highest BCUT2D eigenvalue weighted by atomic mass is 16.6. The van der Waals surface area contributed by atoms with Gasteiger partial charge in [-0.3, -0.25) is 10.1 Å². The fourth-order valence-corrected chi connectivity index (χ4v) is 2.62. The van der Waals surface area contributed by atoms with E-state index in [2.05, 4.69) is 17.1 Å². The lowest BCUT2D eigenvalue weighted by atomic mass is 10.1. The summed E-state index contributed by atoms with van der Waals surface area (Å²) in [5, 5.41) is 14.2. The van der Waals surface area contributed by atoms with E-state index in [9.17, 15) is 10.1 Å². The molecule has 1 aliphatic heterocycles. The maximum absolute atomic E-state index is 10.9. The zero-order chi connectivity index (χ0) is 13.7. The number of nitrogens with zero attached hydrogens (tertiary/aromatic N) is 2. The van der Waals surface area contributed by atoms with Crippen molar-refractivity contribution in [3.63, 3.8) is 0 Å². The van der Waals surface area contributed by atoms with Crippen LogP contribution in [0.15, 0.2) is 24.3 Å². The smallest absolute Gasteiger partial charge is 0.273 e. The van der Waals surface area contributed by atoms with Crippen molar-refractivity contribution in [3.8, 4) is 0 Å². The Morgan fingerprint density at radius 3 is 2.95 bits per heavy atom. The molecule has 2 rings (SSSR count). The van der Waals surface area contributed by atoms with Crippen LogP contribution >= 0.6 is 0 Å². The van der Waals surface area contributed by atoms with Gasteiger partial charge in [-0.15, -0.1) is 0 Å². The Hall–Kier alpha value is -1.46. The van der Waals surface area contributed by atoms with Crippen LogP contribution in [-0.2, 0) is 6.54 Å². The number of hydrogen-bond acceptors (Lipinski definition) is 4. The minimum atomic E-state index is -0.314. The average molecular weight is 263 g/mol. The van der Waals surface area contributed by atoms with Gasteiger partial charge in [0.2, 0.25) is 0 Å². The molecule has 1 atom stereocenters. The lowest BCUT2D eigenvalue weighted by Gasteiger charge is -2.13. The number of rotatable bonds is 6. The third kappa shape index (κ3) is 3.75. The molecule has 1 aromatic carbocycles. The first-order chi connectivity index (χ1) is 9.20. The van der Waals surface area contributed by atoms with Gasteiger partial charge < -0.3 is 10.2 Å². The first-order valence-electron chi connectivity index (χ1n) is 6.86. The highest BCUT2D eigenvalue weighted by Crippen LogP contribution is 2.18. The van der Waals surface area contributed by atoms with E-state index >= 15 is 0 Å². The van der Waals surface area contributed by atoms with Crippen molar-refractivity contribution >= 4 is 5.69 Å². The Labute approximate surface area is 113 Å². The van der Waals surface area contributed by atoms with Crippen LogP contribution in [0.3, 0.4) is 0 Å². The number of benzene rings is 1. The predicted octanol–water partition coefficient (Wildman–Crippen LogP) is 2.03. The van der Waals surface area contributed by atoms with Crippen molar-refractivity contribution in [2.75, 3.05) is 26.2 Å². The second kappa shape index (κ2) is 6.63. The Morgan fingerprint density at radius 1 is 1.47 bits per heavy atom. The normalized spacial score (nSPS) is 19.7. The molecule has 0 bridgehead atoms. The van der Waals surface area contributed by atoms with Crippen LogP contribution in [0.1, 0.15) is 18.9 Å². The van der Waals surface area contributed by atoms with Crippen LogP contribution < -0.4 is 5.32 Å². The second-order valence-corrected chi connectivity index (χ2v) is 5.06. The molecule has 0 spiro atoms. The molecule has 1 aliphatic rings. The molecule has 1 unspecified atom stereocenters. The summed E-state index contributed by atoms with van der Waals surface area (Å²) < 4.78 is 0. The van der Waals surface area contributed by atoms with Gasteiger partial charge in [0.05, 0.1) is 4.92 Å². The van der Waals surface area contributed by atoms with E-state index in [1.54, 1.807) is 12.1 Å². The summed E-state index contributed by atoms with van der Waals surface area (Å²) >= 11 is 0. The molecule has 1 aromatic rings. The standard InChI is InChI=1S/C14H21N3O2/c1-2-16-8-7-12(11-16)9-15-10-13-5-3-4-6-14(13)17(18)19/h3-6,12,15H,2,7-11H2,1H3. The molecule has 5 heteroatoms. The zero-order valence-corrected chi connectivity index (χ0v) is 11.3. The Kier molecular flexibility index (Phi) is 4.87. The molecule has 1 N–H and O–H groups in total. The Balaban J connectivity index is 1.82. The monoisotopic (exact) mass is 263 g/mol. The molecule has 0 aliphatic carbocycles. The van der Waals surface area contributed by atoms with Gasteiger partial charge in [-0.1, -0.05) is 25.1 Å². The molecule has 104 valence electrons. The minimum Gasteiger partial charge on any atom is -0.312 e. The van der Waals surface area contributed by atoms with Crippen molar-refractivity contribution in [2.45, 2.75) is 19.9 Å². The van der Waals surface area contributed by atoms with E-state index in [1.807, 2.05) is 12.1 Å². The summed E-state index contributed by atoms with van der Waals surface area (Å²) in [5.74, 6) is 0.669. The van der Waals surface area contributed by atoms with Gasteiger partial charge in [0, 0.05) is 24.7 Å². The first kappa shape index (κ1) is 14.0. The second-order valence-electron chi connectivity index (χ2n) is 5.06. The zero-order valence-electron chi connectivity index (χ0n) is 11.3. The van der Waals surface area contributed by atoms with E-state index in [0.717, 1.165) is 25.2 Å². The summed E-state index contributed by atoms with van der Waals surface area (Å²) in [6, 6.07) is 6.93. The Morgan fingerprint density at radius 2 is 2.26 bits per heavy atom. The third-order valence-corrected chi connectivity index (χ3v) is 3.75. The van der Waals surface area contributed by atoms with Crippen LogP contribution in [0.4, 0.5) is 5.69 Å². The van der Waals surface area contributed by atoms with E-state index in [-0.39, 0.29) is 10.6 Å². The highest BCUT2D eigenvalue weighted by Gasteiger charge is 2.20. The molecule has 1 saturated heterocycles. The van der Waals surface area contributed by atoms with Crippen LogP contribution in [0.5, 0.6) is 0 Å². The maximum Gasteiger partial charge on any atom is 0.273 e. The van der Waals surface area contributed by atoms with Gasteiger partial charge in [-0.05, 0) is 32.0 Å². The van der Waals surface area contributed by atoms with Crippen LogP contribution in [0.2, 0.25) is 0 Å². The van der Waals surface area contributed by atoms with Gasteiger partial charge in [-0.2, -0.15) is 0 Å². The first-order valence-corrected chi connectivity index (χ1v) is 6.86. The molecule has 0 radical (unpaired) electrons. The van der Waals surface area contributed by atoms with E-state index in [1.165, 1.54) is 13.0 Å². The fraction of sp³-hybridized carbons (Fsp3) is 0.571. The highest BCUT2D eigenvalue weighted by molar-refractivity contribution is 5.39. The summed E-state index contributed by atoms with van der Waals surface area (Å²) in [7, 11) is 0. The van der Waals surface area contributed by atoms with Crippen molar-refractivity contribution in [1.82, 2.24) is 10.2 Å². The van der Waals surface area contributed by atoms with Gasteiger partial charge in [0.15, 0.2) is 0 Å². The quantitative estimate of drug-likeness (QED) is 0.630. The molecular formula is C14H21N3O2. The molecule has 1 heterocycles. The van der Waals surface area contributed by atoms with E-state index < -0.39 is 0 Å². The third-order valence-electron chi connectivity index (χ3n) is 3.75. The van der Waals surface area contributed by atoms with Crippen molar-refractivity contribution < 1.29 is 4.92 Å². The van der Waals surface area contributed by atoms with Crippen LogP contribution in [0.25, 0.3) is 0 Å². The van der Waals surface area contributed by atoms with E-state index in [4.69, 9.17) is 0 Å². The molecular weight excluding hydrogens is 242 g/mol. The Bertz CT molecular complexity index is 436. The van der Waals surface area contributed by atoms with Crippen LogP contribution in [-0.4, -0.2) is 36.0 Å². The largest absolute Gasteiger partial charge is 0.312 e. The number of hydrogen-bond donors (Lipinski definition) is 1. The fourth-order valence-electron chi connectivity index (χ4n) is 2.62. The van der Waals surface area contributed by atoms with E-state index in [0.29, 0.717) is 12.5 Å². The number of para-hydroxylation sites is 1. The number of likely N-dealkylation sites (tertiary alicyclic amines) is 1. The summed E-state index contributed by atoms with van der Waals surface area (Å²) in [6.07, 6.45) is 1.22. The molecule has 19 heavy (non-hydrogen) atoms. The van der Waals surface area contributed by atoms with Gasteiger partial charge >= 0.3 is 0 Å². The van der Waals surface area contributed by atoms with Crippen molar-refractivity contribution in [3.05, 3.63) is 39.9 Å². The average Bonchev–Trinajstić information content (AvgIpc) is 2.87. The molecule has 1 fully saturated rings. The lowest BCUT2D eigenvalue weighted by molar-refractivity contribution is -0.385. The molecule has 5 nitrogen and oxygen atoms in total. The maximum atomic E-state index is 10.9. The van der Waals surface area contributed by atoms with Crippen molar-refractivity contribution in [2.24, 2.45) is 5.92 Å². The summed E-state index contributed by atoms with van der Waals surface area (Å²) in [5.41, 5.74) is 0.967. The van der Waals surface area contributed by atoms with Crippen molar-refractivity contribution in [1.29, 1.82) is 0 Å². The lowest BCUT2D eigenvalue weighted by Crippen LogP contribution is -2.26. The topological polar surface area (TPSA) is 58.4 Å². The number of nitro benzene ring substituents is 1. The SMILES string of the molecule is CCN1CCC(CNCc2ccccc2[N+](=O)[O-])C1. The van der Waals surface area contributed by atoms with Gasteiger partial charge in [0.1, 0.15) is 0 Å². The molecule has 0 aromatic heterocycles. The van der Waals surface area contributed by atoms with Gasteiger partial charge in [0.25, 0.3) is 5.69 Å².